The number of benzene rings is 1. The zero-order valence-electron chi connectivity index (χ0n) is 8.48. The van der Waals surface area contributed by atoms with E-state index in [1.165, 1.54) is 10.9 Å². The molecule has 84 valence electrons. The summed E-state index contributed by atoms with van der Waals surface area (Å²) in [6, 6.07) is 4.81. The molecule has 0 unspecified atom stereocenters. The SMILES string of the molecule is Cn1nnc(CNc2ccc(Br)c(F)c2)n1. The van der Waals surface area contributed by atoms with Crippen molar-refractivity contribution in [1.82, 2.24) is 20.2 Å². The van der Waals surface area contributed by atoms with Crippen molar-refractivity contribution in [1.29, 1.82) is 0 Å². The molecule has 1 aromatic heterocycles. The molecule has 0 atom stereocenters. The molecule has 7 heteroatoms. The molecule has 2 aromatic rings. The van der Waals surface area contributed by atoms with E-state index in [0.717, 1.165) is 0 Å². The Morgan fingerprint density at radius 2 is 2.31 bits per heavy atom. The maximum Gasteiger partial charge on any atom is 0.193 e. The fraction of sp³-hybridized carbons (Fsp3) is 0.222. The van der Waals surface area contributed by atoms with Gasteiger partial charge in [-0.25, -0.2) is 4.39 Å². The molecule has 0 spiro atoms. The minimum Gasteiger partial charge on any atom is -0.378 e. The van der Waals surface area contributed by atoms with Crippen LogP contribution in [0.1, 0.15) is 5.82 Å². The lowest BCUT2D eigenvalue weighted by molar-refractivity contribution is 0.621. The third-order valence-electron chi connectivity index (χ3n) is 1.92. The highest BCUT2D eigenvalue weighted by molar-refractivity contribution is 9.10. The lowest BCUT2D eigenvalue weighted by atomic mass is 10.3. The summed E-state index contributed by atoms with van der Waals surface area (Å²) in [6.07, 6.45) is 0. The highest BCUT2D eigenvalue weighted by Gasteiger charge is 2.02. The Morgan fingerprint density at radius 1 is 1.50 bits per heavy atom. The first-order valence-electron chi connectivity index (χ1n) is 4.57. The maximum atomic E-state index is 13.2. The monoisotopic (exact) mass is 285 g/mol. The average Bonchev–Trinajstić information content (AvgIpc) is 2.66. The first-order chi connectivity index (χ1) is 7.65. The zero-order valence-corrected chi connectivity index (χ0v) is 10.1. The Morgan fingerprint density at radius 3 is 2.94 bits per heavy atom. The summed E-state index contributed by atoms with van der Waals surface area (Å²) < 4.78 is 13.6. The van der Waals surface area contributed by atoms with E-state index in [-0.39, 0.29) is 5.82 Å². The summed E-state index contributed by atoms with van der Waals surface area (Å²) >= 11 is 3.09. The second-order valence-corrected chi connectivity index (χ2v) is 4.03. The first kappa shape index (κ1) is 11.0. The minimum absolute atomic E-state index is 0.308. The topological polar surface area (TPSA) is 55.6 Å². The number of nitrogens with zero attached hydrogens (tertiary/aromatic N) is 4. The van der Waals surface area contributed by atoms with Crippen LogP contribution in [0.15, 0.2) is 22.7 Å². The van der Waals surface area contributed by atoms with Crippen molar-refractivity contribution >= 4 is 21.6 Å². The summed E-state index contributed by atoms with van der Waals surface area (Å²) in [4.78, 5) is 1.37. The molecule has 0 aliphatic heterocycles. The highest BCUT2D eigenvalue weighted by Crippen LogP contribution is 2.19. The summed E-state index contributed by atoms with van der Waals surface area (Å²) in [6.45, 7) is 0.412. The van der Waals surface area contributed by atoms with Gasteiger partial charge in [-0.05, 0) is 39.3 Å². The largest absolute Gasteiger partial charge is 0.378 e. The van der Waals surface area contributed by atoms with E-state index < -0.39 is 0 Å². The van der Waals surface area contributed by atoms with E-state index in [2.05, 4.69) is 36.7 Å². The minimum atomic E-state index is -0.308. The fourth-order valence-electron chi connectivity index (χ4n) is 1.18. The van der Waals surface area contributed by atoms with Crippen LogP contribution in [0.4, 0.5) is 10.1 Å². The van der Waals surface area contributed by atoms with E-state index in [4.69, 9.17) is 0 Å². The molecule has 0 saturated heterocycles. The van der Waals surface area contributed by atoms with Crippen molar-refractivity contribution in [3.05, 3.63) is 34.3 Å². The molecule has 0 bridgehead atoms. The van der Waals surface area contributed by atoms with Crippen LogP contribution in [0.25, 0.3) is 0 Å². The number of hydrogen-bond acceptors (Lipinski definition) is 4. The van der Waals surface area contributed by atoms with E-state index in [1.807, 2.05) is 0 Å². The Hall–Kier alpha value is -1.50. The van der Waals surface area contributed by atoms with Crippen LogP contribution < -0.4 is 5.32 Å². The van der Waals surface area contributed by atoms with Gasteiger partial charge in [-0.2, -0.15) is 4.80 Å². The smallest absolute Gasteiger partial charge is 0.193 e. The van der Waals surface area contributed by atoms with Gasteiger partial charge in [0.25, 0.3) is 0 Å². The summed E-state index contributed by atoms with van der Waals surface area (Å²) in [5.74, 6) is 0.253. The lowest BCUT2D eigenvalue weighted by Gasteiger charge is -2.03. The van der Waals surface area contributed by atoms with Crippen molar-refractivity contribution in [3.63, 3.8) is 0 Å². The molecular formula is C9H9BrFN5. The number of tetrazole rings is 1. The van der Waals surface area contributed by atoms with E-state index in [0.29, 0.717) is 22.5 Å². The summed E-state index contributed by atoms with van der Waals surface area (Å²) in [7, 11) is 1.69. The molecule has 0 saturated carbocycles. The quantitative estimate of drug-likeness (QED) is 0.933. The van der Waals surface area contributed by atoms with Gasteiger partial charge in [-0.3, -0.25) is 0 Å². The van der Waals surface area contributed by atoms with Crippen molar-refractivity contribution in [2.75, 3.05) is 5.32 Å². The van der Waals surface area contributed by atoms with Gasteiger partial charge in [-0.1, -0.05) is 0 Å². The van der Waals surface area contributed by atoms with Crippen molar-refractivity contribution in [2.24, 2.45) is 7.05 Å². The van der Waals surface area contributed by atoms with Gasteiger partial charge in [-0.15, -0.1) is 10.2 Å². The van der Waals surface area contributed by atoms with Crippen molar-refractivity contribution in [3.8, 4) is 0 Å². The van der Waals surface area contributed by atoms with Gasteiger partial charge < -0.3 is 5.32 Å². The molecule has 0 aliphatic rings. The van der Waals surface area contributed by atoms with Crippen LogP contribution in [0.5, 0.6) is 0 Å². The molecular weight excluding hydrogens is 277 g/mol. The molecule has 1 heterocycles. The normalized spacial score (nSPS) is 10.4. The van der Waals surface area contributed by atoms with Gasteiger partial charge in [0.15, 0.2) is 5.82 Å². The summed E-state index contributed by atoms with van der Waals surface area (Å²) in [5.41, 5.74) is 0.674. The predicted octanol–water partition coefficient (Wildman–Crippen LogP) is 1.72. The molecule has 2 rings (SSSR count). The number of aryl methyl sites for hydroxylation is 1. The number of hydrogen-bond donors (Lipinski definition) is 1. The Labute approximate surface area is 99.8 Å². The second kappa shape index (κ2) is 4.56. The van der Waals surface area contributed by atoms with E-state index in [1.54, 1.807) is 19.2 Å². The van der Waals surface area contributed by atoms with Crippen molar-refractivity contribution in [2.45, 2.75) is 6.54 Å². The third kappa shape index (κ3) is 2.54. The zero-order chi connectivity index (χ0) is 11.5. The molecule has 0 aliphatic carbocycles. The lowest BCUT2D eigenvalue weighted by Crippen LogP contribution is -2.02. The number of aromatic nitrogens is 4. The Kier molecular flexibility index (Phi) is 3.14. The van der Waals surface area contributed by atoms with Gasteiger partial charge in [0.2, 0.25) is 0 Å². The van der Waals surface area contributed by atoms with Crippen LogP contribution in [0, 0.1) is 5.82 Å². The fourth-order valence-corrected chi connectivity index (χ4v) is 1.43. The molecule has 0 fully saturated rings. The van der Waals surface area contributed by atoms with E-state index in [9.17, 15) is 4.39 Å². The molecule has 0 radical (unpaired) electrons. The molecule has 5 nitrogen and oxygen atoms in total. The predicted molar refractivity (Wildman–Crippen MR) is 60.2 cm³/mol. The summed E-state index contributed by atoms with van der Waals surface area (Å²) in [5, 5.41) is 14.5. The molecule has 1 aromatic carbocycles. The number of halogens is 2. The van der Waals surface area contributed by atoms with Crippen LogP contribution in [-0.4, -0.2) is 20.2 Å². The van der Waals surface area contributed by atoms with Crippen LogP contribution in [0.2, 0.25) is 0 Å². The van der Waals surface area contributed by atoms with Crippen LogP contribution in [0.3, 0.4) is 0 Å². The molecule has 0 amide bonds. The molecule has 16 heavy (non-hydrogen) atoms. The van der Waals surface area contributed by atoms with Gasteiger partial charge in [0.05, 0.1) is 18.1 Å². The van der Waals surface area contributed by atoms with Gasteiger partial charge >= 0.3 is 0 Å². The van der Waals surface area contributed by atoms with E-state index >= 15 is 0 Å². The number of rotatable bonds is 3. The Bertz CT molecular complexity index is 498. The second-order valence-electron chi connectivity index (χ2n) is 3.18. The third-order valence-corrected chi connectivity index (χ3v) is 2.56. The van der Waals surface area contributed by atoms with Gasteiger partial charge in [0.1, 0.15) is 5.82 Å². The highest BCUT2D eigenvalue weighted by atomic mass is 79.9. The van der Waals surface area contributed by atoms with Crippen LogP contribution in [-0.2, 0) is 13.6 Å². The van der Waals surface area contributed by atoms with Crippen molar-refractivity contribution < 1.29 is 4.39 Å². The number of anilines is 1. The first-order valence-corrected chi connectivity index (χ1v) is 5.36. The standard InChI is InChI=1S/C9H9BrFN5/c1-16-14-9(13-15-16)5-12-6-2-3-7(10)8(11)4-6/h2-4,12H,5H2,1H3. The number of nitrogens with one attached hydrogen (secondary N) is 1. The molecule has 1 N–H and O–H groups in total. The van der Waals surface area contributed by atoms with Gasteiger partial charge in [0, 0.05) is 5.69 Å². The Balaban J connectivity index is 2.02. The average molecular weight is 286 g/mol. The van der Waals surface area contributed by atoms with Crippen LogP contribution >= 0.6 is 15.9 Å². The maximum absolute atomic E-state index is 13.2.